The molecule has 2 atom stereocenters. The van der Waals surface area contributed by atoms with Crippen LogP contribution >= 0.6 is 0 Å². The predicted molar refractivity (Wildman–Crippen MR) is 160 cm³/mol. The van der Waals surface area contributed by atoms with Crippen molar-refractivity contribution in [3.63, 3.8) is 0 Å². The first-order valence-electron chi connectivity index (χ1n) is 16.0. The van der Waals surface area contributed by atoms with Gasteiger partial charge in [0.05, 0.1) is 29.9 Å². The molecule has 1 aliphatic carbocycles. The standard InChI is InChI=1S/C32H39F6N5O4/c1-3-41(17-21-8-6-20(7-9-21)12-27(44)45)29-25(40-26(16-39-29)42-10-4-5-11-42)18-43-19(2)28(47-30(43)46)22-13-23(31(33,34)35)15-24(14-22)32(36,37)38/h13-16,19-21,28H,3-12,17-18H2,1-2H3,(H,44,45)/t19-,20?,21?,28?/m0/s1. The Labute approximate surface area is 268 Å². The van der Waals surface area contributed by atoms with E-state index in [0.29, 0.717) is 42.6 Å². The van der Waals surface area contributed by atoms with Crippen LogP contribution in [0.2, 0.25) is 0 Å². The average Bonchev–Trinajstić information content (AvgIpc) is 3.64. The molecule has 1 aromatic heterocycles. The van der Waals surface area contributed by atoms with E-state index in [2.05, 4.69) is 9.80 Å². The third-order valence-corrected chi connectivity index (χ3v) is 9.48. The van der Waals surface area contributed by atoms with E-state index >= 15 is 0 Å². The van der Waals surface area contributed by atoms with Crippen LogP contribution in [0.15, 0.2) is 24.4 Å². The summed E-state index contributed by atoms with van der Waals surface area (Å²) in [7, 11) is 0. The Kier molecular flexibility index (Phi) is 10.1. The Morgan fingerprint density at radius 2 is 1.60 bits per heavy atom. The molecule has 2 aromatic rings. The average molecular weight is 672 g/mol. The monoisotopic (exact) mass is 671 g/mol. The first kappa shape index (κ1) is 34.6. The maximum atomic E-state index is 13.6. The van der Waals surface area contributed by atoms with Crippen LogP contribution in [0.4, 0.5) is 42.8 Å². The van der Waals surface area contributed by atoms with Gasteiger partial charge in [0, 0.05) is 32.6 Å². The summed E-state index contributed by atoms with van der Waals surface area (Å²) >= 11 is 0. The smallest absolute Gasteiger partial charge is 0.416 e. The number of hydrogen-bond donors (Lipinski definition) is 1. The highest BCUT2D eigenvalue weighted by Gasteiger charge is 2.44. The number of halogens is 6. The first-order chi connectivity index (χ1) is 22.1. The lowest BCUT2D eigenvalue weighted by molar-refractivity contribution is -0.143. The van der Waals surface area contributed by atoms with E-state index in [9.17, 15) is 35.9 Å². The van der Waals surface area contributed by atoms with Crippen LogP contribution in [-0.2, 0) is 28.4 Å². The summed E-state index contributed by atoms with van der Waals surface area (Å²) in [6.07, 6.45) is -5.20. The Morgan fingerprint density at radius 1 is 1.00 bits per heavy atom. The van der Waals surface area contributed by atoms with Gasteiger partial charge in [0.1, 0.15) is 17.6 Å². The number of hydrogen-bond acceptors (Lipinski definition) is 7. The molecule has 1 saturated carbocycles. The fourth-order valence-electron chi connectivity index (χ4n) is 6.89. The number of aromatic nitrogens is 2. The van der Waals surface area contributed by atoms with Gasteiger partial charge in [-0.15, -0.1) is 0 Å². The van der Waals surface area contributed by atoms with E-state index < -0.39 is 53.3 Å². The van der Waals surface area contributed by atoms with Crippen molar-refractivity contribution in [2.45, 2.75) is 89.8 Å². The van der Waals surface area contributed by atoms with Gasteiger partial charge in [-0.1, -0.05) is 0 Å². The molecule has 1 unspecified atom stereocenters. The number of cyclic esters (lactones) is 1. The van der Waals surface area contributed by atoms with Gasteiger partial charge in [-0.25, -0.2) is 14.8 Å². The zero-order chi connectivity index (χ0) is 34.1. The number of carboxylic acids is 1. The van der Waals surface area contributed by atoms with Gasteiger partial charge < -0.3 is 19.6 Å². The Morgan fingerprint density at radius 3 is 2.15 bits per heavy atom. The minimum Gasteiger partial charge on any atom is -0.481 e. The van der Waals surface area contributed by atoms with Crippen LogP contribution in [-0.4, -0.2) is 64.3 Å². The van der Waals surface area contributed by atoms with Crippen molar-refractivity contribution >= 4 is 23.7 Å². The number of carbonyl (C=O) groups excluding carboxylic acids is 1. The molecule has 258 valence electrons. The molecule has 1 aromatic carbocycles. The quantitative estimate of drug-likeness (QED) is 0.263. The van der Waals surface area contributed by atoms with Crippen molar-refractivity contribution in [2.24, 2.45) is 11.8 Å². The van der Waals surface area contributed by atoms with Gasteiger partial charge in [-0.3, -0.25) is 9.69 Å². The van der Waals surface area contributed by atoms with Crippen LogP contribution < -0.4 is 9.80 Å². The number of aliphatic carboxylic acids is 1. The highest BCUT2D eigenvalue weighted by molar-refractivity contribution is 5.71. The first-order valence-corrected chi connectivity index (χ1v) is 16.0. The van der Waals surface area contributed by atoms with Crippen LogP contribution in [0.5, 0.6) is 0 Å². The van der Waals surface area contributed by atoms with Gasteiger partial charge in [0.2, 0.25) is 0 Å². The van der Waals surface area contributed by atoms with Crippen LogP contribution in [0.3, 0.4) is 0 Å². The highest BCUT2D eigenvalue weighted by atomic mass is 19.4. The Bertz CT molecular complexity index is 1410. The van der Waals surface area contributed by atoms with Crippen molar-refractivity contribution in [3.8, 4) is 0 Å². The number of carboxylic acid groups (broad SMARTS) is 1. The molecular weight excluding hydrogens is 632 g/mol. The lowest BCUT2D eigenvalue weighted by Crippen LogP contribution is -2.36. The van der Waals surface area contributed by atoms with Gasteiger partial charge >= 0.3 is 24.4 Å². The highest BCUT2D eigenvalue weighted by Crippen LogP contribution is 2.41. The molecule has 2 saturated heterocycles. The van der Waals surface area contributed by atoms with E-state index in [1.54, 1.807) is 6.20 Å². The summed E-state index contributed by atoms with van der Waals surface area (Å²) in [6.45, 7) is 6.13. The molecule has 2 aliphatic heterocycles. The van der Waals surface area contributed by atoms with E-state index in [4.69, 9.17) is 19.8 Å². The molecule has 5 rings (SSSR count). The fraction of sp³-hybridized carbons (Fsp3) is 0.625. The second kappa shape index (κ2) is 13.8. The number of amides is 1. The van der Waals surface area contributed by atoms with E-state index in [1.807, 2.05) is 6.92 Å². The molecule has 1 amide bonds. The van der Waals surface area contributed by atoms with Crippen LogP contribution in [0, 0.1) is 11.8 Å². The molecule has 3 fully saturated rings. The SMILES string of the molecule is CCN(CC1CCC(CC(=O)O)CC1)c1ncc(N2CCCC2)nc1CN1C(=O)OC(c2cc(C(F)(F)F)cc(C(F)(F)F)c2)[C@@H]1C. The maximum absolute atomic E-state index is 13.6. The molecule has 0 bridgehead atoms. The molecule has 0 radical (unpaired) electrons. The molecule has 3 aliphatic rings. The van der Waals surface area contributed by atoms with E-state index in [-0.39, 0.29) is 30.9 Å². The molecule has 0 spiro atoms. The minimum atomic E-state index is -5.04. The van der Waals surface area contributed by atoms with Crippen molar-refractivity contribution in [2.75, 3.05) is 36.0 Å². The molecule has 1 N–H and O–H groups in total. The summed E-state index contributed by atoms with van der Waals surface area (Å²) in [4.78, 5) is 39.4. The Hall–Kier alpha value is -3.78. The molecule has 15 heteroatoms. The summed E-state index contributed by atoms with van der Waals surface area (Å²) in [6, 6.07) is 0.316. The van der Waals surface area contributed by atoms with E-state index in [1.165, 1.54) is 11.8 Å². The van der Waals surface area contributed by atoms with Crippen LogP contribution in [0.25, 0.3) is 0 Å². The summed E-state index contributed by atoms with van der Waals surface area (Å²) in [5, 5.41) is 9.17. The van der Waals surface area contributed by atoms with Gasteiger partial charge in [0.25, 0.3) is 0 Å². The third-order valence-electron chi connectivity index (χ3n) is 9.48. The summed E-state index contributed by atoms with van der Waals surface area (Å²) in [5.41, 5.74) is -2.92. The zero-order valence-electron chi connectivity index (χ0n) is 26.3. The van der Waals surface area contributed by atoms with Crippen molar-refractivity contribution < 1.29 is 45.8 Å². The number of nitrogens with zero attached hydrogens (tertiary/aromatic N) is 5. The lowest BCUT2D eigenvalue weighted by Gasteiger charge is -2.33. The molecule has 3 heterocycles. The fourth-order valence-corrected chi connectivity index (χ4v) is 6.89. The van der Waals surface area contributed by atoms with Crippen molar-refractivity contribution in [1.29, 1.82) is 0 Å². The van der Waals surface area contributed by atoms with Gasteiger partial charge in [0.15, 0.2) is 5.82 Å². The molecular formula is C32H39F6N5O4. The van der Waals surface area contributed by atoms with Gasteiger partial charge in [-0.05, 0) is 88.0 Å². The topological polar surface area (TPSA) is 99.1 Å². The van der Waals surface area contributed by atoms with E-state index in [0.717, 1.165) is 51.6 Å². The summed E-state index contributed by atoms with van der Waals surface area (Å²) < 4.78 is 86.9. The number of carbonyl (C=O) groups is 2. The summed E-state index contributed by atoms with van der Waals surface area (Å²) in [5.74, 6) is 0.790. The normalized spacial score (nSPS) is 23.7. The largest absolute Gasteiger partial charge is 0.481 e. The van der Waals surface area contributed by atoms with Gasteiger partial charge in [-0.2, -0.15) is 26.3 Å². The predicted octanol–water partition coefficient (Wildman–Crippen LogP) is 7.30. The molecule has 9 nitrogen and oxygen atoms in total. The van der Waals surface area contributed by atoms with Crippen molar-refractivity contribution in [1.82, 2.24) is 14.9 Å². The number of alkyl halides is 6. The zero-order valence-corrected chi connectivity index (χ0v) is 26.3. The second-order valence-electron chi connectivity index (χ2n) is 12.7. The number of anilines is 2. The third kappa shape index (κ3) is 8.03. The Balaban J connectivity index is 1.41. The lowest BCUT2D eigenvalue weighted by atomic mass is 9.80. The van der Waals surface area contributed by atoms with Crippen LogP contribution in [0.1, 0.15) is 87.3 Å². The number of ether oxygens (including phenoxy) is 1. The number of rotatable bonds is 10. The number of benzene rings is 1. The van der Waals surface area contributed by atoms with Crippen molar-refractivity contribution in [3.05, 3.63) is 46.8 Å². The minimum absolute atomic E-state index is 0.0480. The maximum Gasteiger partial charge on any atom is 0.416 e. The second-order valence-corrected chi connectivity index (χ2v) is 12.7. The molecule has 47 heavy (non-hydrogen) atoms.